The van der Waals surface area contributed by atoms with Crippen LogP contribution >= 0.6 is 0 Å². The molecule has 0 radical (unpaired) electrons. The minimum Gasteiger partial charge on any atom is -0.468 e. The van der Waals surface area contributed by atoms with Gasteiger partial charge in [0.25, 0.3) is 5.91 Å². The lowest BCUT2D eigenvalue weighted by molar-refractivity contribution is -0.139. The van der Waals surface area contributed by atoms with Crippen LogP contribution in [0.1, 0.15) is 10.4 Å². The fourth-order valence-corrected chi connectivity index (χ4v) is 1.88. The molecule has 122 valence electrons. The van der Waals surface area contributed by atoms with Crippen LogP contribution in [0.3, 0.4) is 0 Å². The lowest BCUT2D eigenvalue weighted by Crippen LogP contribution is -2.33. The summed E-state index contributed by atoms with van der Waals surface area (Å²) < 4.78 is 64.7. The van der Waals surface area contributed by atoms with Gasteiger partial charge in [0.15, 0.2) is 0 Å². The first-order chi connectivity index (χ1) is 10.1. The summed E-state index contributed by atoms with van der Waals surface area (Å²) in [5, 5.41) is 2.08. The Morgan fingerprint density at radius 3 is 2.36 bits per heavy atom. The highest BCUT2D eigenvalue weighted by Crippen LogP contribution is 2.26. The number of hydrogen-bond donors (Lipinski definition) is 2. The molecule has 1 aromatic carbocycles. The first-order valence-electron chi connectivity index (χ1n) is 5.61. The number of nitrogens with one attached hydrogen (secondary N) is 2. The number of anilines is 1. The van der Waals surface area contributed by atoms with Gasteiger partial charge in [-0.05, 0) is 12.1 Å². The Kier molecular flexibility index (Phi) is 5.36. The van der Waals surface area contributed by atoms with Crippen molar-refractivity contribution in [3.8, 4) is 0 Å². The van der Waals surface area contributed by atoms with Gasteiger partial charge in [0.2, 0.25) is 0 Å². The molecule has 1 aromatic rings. The van der Waals surface area contributed by atoms with Gasteiger partial charge in [0.1, 0.15) is 6.54 Å². The van der Waals surface area contributed by atoms with Gasteiger partial charge in [-0.15, -0.1) is 0 Å². The van der Waals surface area contributed by atoms with Gasteiger partial charge in [-0.25, -0.2) is 0 Å². The second-order valence-corrected chi connectivity index (χ2v) is 5.53. The number of esters is 1. The maximum absolute atomic E-state index is 12.3. The number of ether oxygens (including phenoxy) is 1. The van der Waals surface area contributed by atoms with E-state index in [1.807, 2.05) is 0 Å². The zero-order chi connectivity index (χ0) is 17.0. The average molecular weight is 340 g/mol. The number of para-hydroxylation sites is 1. The molecule has 7 nitrogen and oxygen atoms in total. The average Bonchev–Trinajstić information content (AvgIpc) is 2.43. The summed E-state index contributed by atoms with van der Waals surface area (Å²) in [6.45, 7) is -0.518. The van der Waals surface area contributed by atoms with E-state index in [0.29, 0.717) is 0 Å². The van der Waals surface area contributed by atoms with Crippen molar-refractivity contribution >= 4 is 27.6 Å². The Morgan fingerprint density at radius 1 is 1.23 bits per heavy atom. The number of amides is 1. The zero-order valence-electron chi connectivity index (χ0n) is 11.1. The van der Waals surface area contributed by atoms with E-state index < -0.39 is 39.6 Å². The number of sulfonamides is 1. The SMILES string of the molecule is COC(=O)CNC(=O)c1ccccc1NS(=O)(=O)C(F)(F)F. The summed E-state index contributed by atoms with van der Waals surface area (Å²) in [5.74, 6) is -1.72. The van der Waals surface area contributed by atoms with Gasteiger partial charge >= 0.3 is 21.5 Å². The Morgan fingerprint density at radius 2 is 1.82 bits per heavy atom. The molecule has 1 rings (SSSR count). The van der Waals surface area contributed by atoms with Crippen molar-refractivity contribution in [1.82, 2.24) is 5.32 Å². The van der Waals surface area contributed by atoms with Crippen LogP contribution < -0.4 is 10.0 Å². The number of carbonyl (C=O) groups is 2. The van der Waals surface area contributed by atoms with Crippen molar-refractivity contribution in [3.05, 3.63) is 29.8 Å². The van der Waals surface area contributed by atoms with Gasteiger partial charge in [0.05, 0.1) is 18.4 Å². The van der Waals surface area contributed by atoms with Crippen molar-refractivity contribution in [2.45, 2.75) is 5.51 Å². The zero-order valence-corrected chi connectivity index (χ0v) is 11.9. The first kappa shape index (κ1) is 17.8. The molecule has 22 heavy (non-hydrogen) atoms. The van der Waals surface area contributed by atoms with Crippen molar-refractivity contribution in [2.75, 3.05) is 18.4 Å². The van der Waals surface area contributed by atoms with Crippen LogP contribution in [0.25, 0.3) is 0 Å². The molecule has 0 heterocycles. The van der Waals surface area contributed by atoms with Crippen LogP contribution in [-0.4, -0.2) is 39.5 Å². The molecule has 0 saturated heterocycles. The maximum Gasteiger partial charge on any atom is 0.516 e. The molecule has 1 amide bonds. The molecule has 2 N–H and O–H groups in total. The summed E-state index contributed by atoms with van der Waals surface area (Å²) >= 11 is 0. The summed E-state index contributed by atoms with van der Waals surface area (Å²) in [7, 11) is -4.58. The highest BCUT2D eigenvalue weighted by atomic mass is 32.2. The van der Waals surface area contributed by atoms with Crippen molar-refractivity contribution < 1.29 is 35.9 Å². The van der Waals surface area contributed by atoms with E-state index in [0.717, 1.165) is 19.2 Å². The normalized spacial score (nSPS) is 11.6. The van der Waals surface area contributed by atoms with Crippen molar-refractivity contribution in [1.29, 1.82) is 0 Å². The molecule has 0 aliphatic rings. The predicted octanol–water partition coefficient (Wildman–Crippen LogP) is 0.851. The molecule has 0 aromatic heterocycles. The van der Waals surface area contributed by atoms with E-state index in [1.54, 1.807) is 0 Å². The second kappa shape index (κ2) is 6.64. The molecule has 0 bridgehead atoms. The number of rotatable bonds is 5. The largest absolute Gasteiger partial charge is 0.516 e. The van der Waals surface area contributed by atoms with Crippen LogP contribution in [0.15, 0.2) is 24.3 Å². The summed E-state index contributed by atoms with van der Waals surface area (Å²) in [5.41, 5.74) is -6.47. The topological polar surface area (TPSA) is 102 Å². The van der Waals surface area contributed by atoms with Gasteiger partial charge < -0.3 is 10.1 Å². The number of benzene rings is 1. The molecule has 0 aliphatic heterocycles. The predicted molar refractivity (Wildman–Crippen MR) is 69.4 cm³/mol. The number of carbonyl (C=O) groups excluding carboxylic acids is 2. The van der Waals surface area contributed by atoms with E-state index >= 15 is 0 Å². The third-order valence-corrected chi connectivity index (χ3v) is 3.44. The van der Waals surface area contributed by atoms with Crippen LogP contribution in [0, 0.1) is 0 Å². The van der Waals surface area contributed by atoms with Crippen molar-refractivity contribution in [2.24, 2.45) is 0 Å². The Labute approximate surface area is 123 Å². The molecular formula is C11H11F3N2O5S. The summed E-state index contributed by atoms with van der Waals surface area (Å²) in [6, 6.07) is 4.64. The third-order valence-electron chi connectivity index (χ3n) is 2.34. The van der Waals surface area contributed by atoms with Crippen LogP contribution in [0.2, 0.25) is 0 Å². The maximum atomic E-state index is 12.3. The van der Waals surface area contributed by atoms with E-state index in [9.17, 15) is 31.2 Å². The van der Waals surface area contributed by atoms with Gasteiger partial charge in [-0.2, -0.15) is 21.6 Å². The van der Waals surface area contributed by atoms with E-state index in [1.165, 1.54) is 16.9 Å². The highest BCUT2D eigenvalue weighted by molar-refractivity contribution is 7.93. The lowest BCUT2D eigenvalue weighted by Gasteiger charge is -2.13. The monoisotopic (exact) mass is 340 g/mol. The Bertz CT molecular complexity index is 673. The molecule has 11 heteroatoms. The first-order valence-corrected chi connectivity index (χ1v) is 7.10. The number of alkyl halides is 3. The second-order valence-electron chi connectivity index (χ2n) is 3.86. The summed E-state index contributed by atoms with van der Waals surface area (Å²) in [4.78, 5) is 22.7. The number of halogens is 3. The smallest absolute Gasteiger partial charge is 0.468 e. The fourth-order valence-electron chi connectivity index (χ4n) is 1.29. The van der Waals surface area contributed by atoms with Crippen molar-refractivity contribution in [3.63, 3.8) is 0 Å². The van der Waals surface area contributed by atoms with Crippen LogP contribution in [-0.2, 0) is 19.6 Å². The molecular weight excluding hydrogens is 329 g/mol. The molecule has 0 saturated carbocycles. The Balaban J connectivity index is 3.00. The molecule has 0 unspecified atom stereocenters. The Hall–Kier alpha value is -2.30. The van der Waals surface area contributed by atoms with Gasteiger partial charge in [-0.1, -0.05) is 12.1 Å². The quantitative estimate of drug-likeness (QED) is 0.774. The fraction of sp³-hybridized carbons (Fsp3) is 0.273. The van der Waals surface area contributed by atoms with Crippen LogP contribution in [0.4, 0.5) is 18.9 Å². The standard InChI is InChI=1S/C11H11F3N2O5S/c1-21-9(17)6-15-10(18)7-4-2-3-5-8(7)16-22(19,20)11(12,13)14/h2-5,16H,6H2,1H3,(H,15,18). The van der Waals surface area contributed by atoms with E-state index in [4.69, 9.17) is 0 Å². The van der Waals surface area contributed by atoms with Gasteiger partial charge in [-0.3, -0.25) is 14.3 Å². The molecule has 0 aliphatic carbocycles. The lowest BCUT2D eigenvalue weighted by atomic mass is 10.1. The van der Waals surface area contributed by atoms with E-state index in [-0.39, 0.29) is 5.56 Å². The van der Waals surface area contributed by atoms with Gasteiger partial charge in [0, 0.05) is 0 Å². The minimum absolute atomic E-state index is 0.376. The molecule has 0 atom stereocenters. The van der Waals surface area contributed by atoms with Crippen LogP contribution in [0.5, 0.6) is 0 Å². The van der Waals surface area contributed by atoms with E-state index in [2.05, 4.69) is 10.1 Å². The third kappa shape index (κ3) is 4.35. The number of hydrogen-bond acceptors (Lipinski definition) is 5. The summed E-state index contributed by atoms with van der Waals surface area (Å²) in [6.07, 6.45) is 0. The number of methoxy groups -OCH3 is 1. The minimum atomic E-state index is -5.66. The molecule has 0 spiro atoms. The highest BCUT2D eigenvalue weighted by Gasteiger charge is 2.46. The molecule has 0 fully saturated rings.